The van der Waals surface area contributed by atoms with Crippen molar-refractivity contribution in [1.29, 1.82) is 0 Å². The Balaban J connectivity index is 2.07. The molecule has 140 valence electrons. The summed E-state index contributed by atoms with van der Waals surface area (Å²) in [6, 6.07) is 4.83. The lowest BCUT2D eigenvalue weighted by molar-refractivity contribution is -0.137. The van der Waals surface area contributed by atoms with E-state index in [4.69, 9.17) is 4.74 Å². The fourth-order valence-corrected chi connectivity index (χ4v) is 3.10. The van der Waals surface area contributed by atoms with E-state index >= 15 is 0 Å². The number of benzene rings is 1. The maximum absolute atomic E-state index is 13.1. The summed E-state index contributed by atoms with van der Waals surface area (Å²) in [6.07, 6.45) is -4.41. The Bertz CT molecular complexity index is 607. The van der Waals surface area contributed by atoms with E-state index in [0.717, 1.165) is 6.07 Å². The van der Waals surface area contributed by atoms with E-state index in [1.165, 1.54) is 18.2 Å². The molecular weight excluding hydrogens is 333 g/mol. The smallest absolute Gasteiger partial charge is 0.373 e. The van der Waals surface area contributed by atoms with Gasteiger partial charge in [0.05, 0.1) is 23.3 Å². The zero-order chi connectivity index (χ0) is 18.8. The summed E-state index contributed by atoms with van der Waals surface area (Å²) in [6.45, 7) is 9.57. The van der Waals surface area contributed by atoms with Crippen LogP contribution in [0.4, 0.5) is 13.2 Å². The van der Waals surface area contributed by atoms with Crippen LogP contribution in [0.5, 0.6) is 0 Å². The van der Waals surface area contributed by atoms with Crippen LogP contribution in [0.3, 0.4) is 0 Å². The van der Waals surface area contributed by atoms with Gasteiger partial charge in [-0.1, -0.05) is 12.1 Å². The van der Waals surface area contributed by atoms with E-state index in [0.29, 0.717) is 13.1 Å². The molecule has 1 aromatic rings. The third-order valence-corrected chi connectivity index (χ3v) is 4.43. The zero-order valence-electron chi connectivity index (χ0n) is 15.0. The number of rotatable bonds is 4. The summed E-state index contributed by atoms with van der Waals surface area (Å²) < 4.78 is 44.9. The Morgan fingerprint density at radius 1 is 1.20 bits per heavy atom. The van der Waals surface area contributed by atoms with E-state index < -0.39 is 23.2 Å². The number of hydrogen-bond acceptors (Lipinski definition) is 3. The first-order valence-corrected chi connectivity index (χ1v) is 8.35. The largest absolute Gasteiger partial charge is 0.417 e. The van der Waals surface area contributed by atoms with Crippen LogP contribution in [0, 0.1) is 0 Å². The third-order valence-electron chi connectivity index (χ3n) is 4.43. The Hall–Kier alpha value is -1.60. The monoisotopic (exact) mass is 358 g/mol. The second-order valence-corrected chi connectivity index (χ2v) is 7.20. The molecule has 25 heavy (non-hydrogen) atoms. The Morgan fingerprint density at radius 3 is 2.32 bits per heavy atom. The van der Waals surface area contributed by atoms with Crippen LogP contribution < -0.4 is 5.32 Å². The van der Waals surface area contributed by atoms with Gasteiger partial charge in [-0.25, -0.2) is 0 Å². The average molecular weight is 358 g/mol. The van der Waals surface area contributed by atoms with Crippen molar-refractivity contribution in [3.8, 4) is 0 Å². The SMILES string of the molecule is CC1CN(C(C)(C)CNC(=O)c2ccccc2C(F)(F)F)CC(C)O1. The molecular formula is C18H25F3N2O2. The highest BCUT2D eigenvalue weighted by Gasteiger charge is 2.36. The van der Waals surface area contributed by atoms with Gasteiger partial charge in [0.25, 0.3) is 5.91 Å². The van der Waals surface area contributed by atoms with Gasteiger partial charge in [0, 0.05) is 25.2 Å². The lowest BCUT2D eigenvalue weighted by atomic mass is 9.99. The second kappa shape index (κ2) is 7.33. The van der Waals surface area contributed by atoms with Crippen molar-refractivity contribution >= 4 is 5.91 Å². The lowest BCUT2D eigenvalue weighted by Crippen LogP contribution is -2.58. The van der Waals surface area contributed by atoms with Gasteiger partial charge < -0.3 is 10.1 Å². The number of carbonyl (C=O) groups is 1. The van der Waals surface area contributed by atoms with Crippen LogP contribution in [0.25, 0.3) is 0 Å². The number of morpholine rings is 1. The number of nitrogens with one attached hydrogen (secondary N) is 1. The first-order chi connectivity index (χ1) is 11.5. The van der Waals surface area contributed by atoms with Crippen LogP contribution in [-0.2, 0) is 10.9 Å². The maximum atomic E-state index is 13.1. The molecule has 7 heteroatoms. The topological polar surface area (TPSA) is 41.6 Å². The molecule has 1 N–H and O–H groups in total. The fraction of sp³-hybridized carbons (Fsp3) is 0.611. The van der Waals surface area contributed by atoms with E-state index in [1.807, 2.05) is 27.7 Å². The van der Waals surface area contributed by atoms with E-state index in [1.54, 1.807) is 0 Å². The van der Waals surface area contributed by atoms with Crippen molar-refractivity contribution in [3.05, 3.63) is 35.4 Å². The van der Waals surface area contributed by atoms with Crippen molar-refractivity contribution in [2.75, 3.05) is 19.6 Å². The van der Waals surface area contributed by atoms with Crippen LogP contribution in [0.2, 0.25) is 0 Å². The molecule has 0 radical (unpaired) electrons. The molecule has 2 unspecified atom stereocenters. The lowest BCUT2D eigenvalue weighted by Gasteiger charge is -2.45. The first kappa shape index (κ1) is 19.7. The average Bonchev–Trinajstić information content (AvgIpc) is 2.51. The maximum Gasteiger partial charge on any atom is 0.417 e. The van der Waals surface area contributed by atoms with Crippen molar-refractivity contribution in [3.63, 3.8) is 0 Å². The van der Waals surface area contributed by atoms with Gasteiger partial charge in [-0.3, -0.25) is 9.69 Å². The summed E-state index contributed by atoms with van der Waals surface area (Å²) in [4.78, 5) is 14.5. The summed E-state index contributed by atoms with van der Waals surface area (Å²) in [5, 5.41) is 2.66. The molecule has 0 spiro atoms. The number of nitrogens with zero attached hydrogens (tertiary/aromatic N) is 1. The molecule has 0 aliphatic carbocycles. The standard InChI is InChI=1S/C18H25F3N2O2/c1-12-9-23(10-13(2)25-12)17(3,4)11-22-16(24)14-7-5-6-8-15(14)18(19,20)21/h5-8,12-13H,9-11H2,1-4H3,(H,22,24). The molecule has 1 heterocycles. The van der Waals surface area contributed by atoms with Gasteiger partial charge in [-0.2, -0.15) is 13.2 Å². The fourth-order valence-electron chi connectivity index (χ4n) is 3.10. The number of carbonyl (C=O) groups excluding carboxylic acids is 1. The number of halogens is 3. The van der Waals surface area contributed by atoms with Crippen LogP contribution in [-0.4, -0.2) is 48.2 Å². The summed E-state index contributed by atoms with van der Waals surface area (Å²) in [7, 11) is 0. The van der Waals surface area contributed by atoms with Crippen LogP contribution in [0.1, 0.15) is 43.6 Å². The minimum atomic E-state index is -4.56. The predicted octanol–water partition coefficient (Wildman–Crippen LogP) is 3.32. The third kappa shape index (κ3) is 4.95. The summed E-state index contributed by atoms with van der Waals surface area (Å²) >= 11 is 0. The highest BCUT2D eigenvalue weighted by Crippen LogP contribution is 2.31. The van der Waals surface area contributed by atoms with Gasteiger partial charge in [0.2, 0.25) is 0 Å². The molecule has 0 bridgehead atoms. The summed E-state index contributed by atoms with van der Waals surface area (Å²) in [5.74, 6) is -0.713. The number of alkyl halides is 3. The second-order valence-electron chi connectivity index (χ2n) is 7.20. The number of hydrogen-bond donors (Lipinski definition) is 1. The van der Waals surface area contributed by atoms with E-state index in [-0.39, 0.29) is 24.3 Å². The minimum Gasteiger partial charge on any atom is -0.373 e. The molecule has 2 atom stereocenters. The Kier molecular flexibility index (Phi) is 5.79. The molecule has 1 fully saturated rings. The quantitative estimate of drug-likeness (QED) is 0.898. The predicted molar refractivity (Wildman–Crippen MR) is 89.4 cm³/mol. The van der Waals surface area contributed by atoms with Crippen molar-refractivity contribution in [1.82, 2.24) is 10.2 Å². The van der Waals surface area contributed by atoms with Gasteiger partial charge in [-0.05, 0) is 39.8 Å². The van der Waals surface area contributed by atoms with E-state index in [9.17, 15) is 18.0 Å². The zero-order valence-corrected chi connectivity index (χ0v) is 15.0. The highest BCUT2D eigenvalue weighted by molar-refractivity contribution is 5.95. The van der Waals surface area contributed by atoms with Gasteiger partial charge in [0.1, 0.15) is 0 Å². The molecule has 1 aromatic carbocycles. The Labute approximate surface area is 146 Å². The van der Waals surface area contributed by atoms with Crippen molar-refractivity contribution in [2.24, 2.45) is 0 Å². The van der Waals surface area contributed by atoms with Crippen molar-refractivity contribution < 1.29 is 22.7 Å². The molecule has 1 aliphatic rings. The molecule has 1 saturated heterocycles. The van der Waals surface area contributed by atoms with Gasteiger partial charge in [0.15, 0.2) is 0 Å². The minimum absolute atomic E-state index is 0.0738. The van der Waals surface area contributed by atoms with Crippen LogP contribution in [0.15, 0.2) is 24.3 Å². The molecule has 1 amide bonds. The molecule has 1 aliphatic heterocycles. The van der Waals surface area contributed by atoms with Gasteiger partial charge >= 0.3 is 6.18 Å². The van der Waals surface area contributed by atoms with Crippen LogP contribution >= 0.6 is 0 Å². The summed E-state index contributed by atoms with van der Waals surface area (Å²) in [5.41, 5.74) is -1.66. The number of amides is 1. The molecule has 2 rings (SSSR count). The molecule has 0 saturated carbocycles. The number of ether oxygens (including phenoxy) is 1. The molecule has 4 nitrogen and oxygen atoms in total. The van der Waals surface area contributed by atoms with E-state index in [2.05, 4.69) is 10.2 Å². The Morgan fingerprint density at radius 2 is 1.76 bits per heavy atom. The molecule has 0 aromatic heterocycles. The normalized spacial score (nSPS) is 22.7. The van der Waals surface area contributed by atoms with Gasteiger partial charge in [-0.15, -0.1) is 0 Å². The highest BCUT2D eigenvalue weighted by atomic mass is 19.4. The first-order valence-electron chi connectivity index (χ1n) is 8.35. The van der Waals surface area contributed by atoms with Crippen molar-refractivity contribution in [2.45, 2.75) is 51.6 Å².